The molecule has 2 heterocycles. The first-order valence-corrected chi connectivity index (χ1v) is 12.0. The van der Waals surface area contributed by atoms with E-state index in [9.17, 15) is 14.7 Å². The fourth-order valence-corrected chi connectivity index (χ4v) is 6.24. The maximum Gasteiger partial charge on any atom is 0.407 e. The van der Waals surface area contributed by atoms with Crippen molar-refractivity contribution in [2.45, 2.75) is 44.1 Å². The molecule has 2 amide bonds. The number of nitrogens with zero attached hydrogens (tertiary/aromatic N) is 2. The summed E-state index contributed by atoms with van der Waals surface area (Å²) < 4.78 is 0. The molecule has 0 radical (unpaired) electrons. The number of carbonyl (C=O) groups excluding carboxylic acids is 1. The Morgan fingerprint density at radius 2 is 1.94 bits per heavy atom. The minimum Gasteiger partial charge on any atom is -0.465 e. The zero-order chi connectivity index (χ0) is 23.2. The summed E-state index contributed by atoms with van der Waals surface area (Å²) in [6.45, 7) is 2.52. The molecule has 0 spiro atoms. The average Bonchev–Trinajstić information content (AvgIpc) is 3.51. The van der Waals surface area contributed by atoms with Gasteiger partial charge in [0.1, 0.15) is 5.01 Å². The standard InChI is InChI=1S/C25H26N4O3S/c1-2-20-21-19(11-14-29(20)24(31)32)28-23(33-21)25(12-13-25)16-9-7-15(8-10-16)22(30)27-18-6-4-3-5-17(18)26/h3-10,20H,2,11-14,26H2,1H3,(H,27,30)(H,31,32). The number of nitrogens with one attached hydrogen (secondary N) is 1. The monoisotopic (exact) mass is 462 g/mol. The molecule has 4 N–H and O–H groups in total. The number of amides is 2. The van der Waals surface area contributed by atoms with Crippen molar-refractivity contribution < 1.29 is 14.7 Å². The molecular weight excluding hydrogens is 436 g/mol. The summed E-state index contributed by atoms with van der Waals surface area (Å²) in [5.74, 6) is -0.200. The third-order valence-electron chi connectivity index (χ3n) is 6.70. The SMILES string of the molecule is CCC1c2sc(C3(c4ccc(C(=O)Nc5ccccc5N)cc4)CC3)nc2CCN1C(=O)O. The Labute approximate surface area is 196 Å². The van der Waals surface area contributed by atoms with Gasteiger partial charge in [-0.2, -0.15) is 0 Å². The second-order valence-corrected chi connectivity index (χ2v) is 9.71. The van der Waals surface area contributed by atoms with Crippen LogP contribution in [0.2, 0.25) is 0 Å². The molecule has 5 rings (SSSR count). The van der Waals surface area contributed by atoms with E-state index in [0.717, 1.165) is 40.4 Å². The Morgan fingerprint density at radius 3 is 2.58 bits per heavy atom. The van der Waals surface area contributed by atoms with Crippen LogP contribution in [0.4, 0.5) is 16.2 Å². The summed E-state index contributed by atoms with van der Waals surface area (Å²) >= 11 is 1.66. The third-order valence-corrected chi connectivity index (χ3v) is 8.10. The second kappa shape index (κ2) is 8.19. The smallest absolute Gasteiger partial charge is 0.407 e. The Hall–Kier alpha value is -3.39. The molecule has 0 bridgehead atoms. The molecule has 2 aromatic carbocycles. The number of carboxylic acid groups (broad SMARTS) is 1. The number of aromatic nitrogens is 1. The number of hydrogen-bond donors (Lipinski definition) is 3. The minimum atomic E-state index is -0.866. The van der Waals surface area contributed by atoms with Gasteiger partial charge in [0, 0.05) is 23.9 Å². The predicted molar refractivity (Wildman–Crippen MR) is 129 cm³/mol. The van der Waals surface area contributed by atoms with E-state index in [1.54, 1.807) is 23.5 Å². The number of carbonyl (C=O) groups is 2. The van der Waals surface area contributed by atoms with Crippen LogP contribution in [-0.2, 0) is 11.8 Å². The average molecular weight is 463 g/mol. The maximum atomic E-state index is 12.7. The van der Waals surface area contributed by atoms with E-state index in [1.807, 2.05) is 43.3 Å². The molecule has 1 saturated carbocycles. The van der Waals surface area contributed by atoms with Gasteiger partial charge < -0.3 is 21.1 Å². The zero-order valence-electron chi connectivity index (χ0n) is 18.4. The Morgan fingerprint density at radius 1 is 1.21 bits per heavy atom. The third kappa shape index (κ3) is 3.74. The maximum absolute atomic E-state index is 12.7. The summed E-state index contributed by atoms with van der Waals surface area (Å²) in [5, 5.41) is 13.5. The molecule has 1 fully saturated rings. The van der Waals surface area contributed by atoms with E-state index < -0.39 is 6.09 Å². The number of nitrogen functional groups attached to an aromatic ring is 1. The highest BCUT2D eigenvalue weighted by atomic mass is 32.1. The quantitative estimate of drug-likeness (QED) is 0.460. The molecular formula is C25H26N4O3S. The van der Waals surface area contributed by atoms with Crippen molar-refractivity contribution in [2.75, 3.05) is 17.6 Å². The van der Waals surface area contributed by atoms with Crippen LogP contribution in [0.5, 0.6) is 0 Å². The summed E-state index contributed by atoms with van der Waals surface area (Å²) in [7, 11) is 0. The molecule has 1 unspecified atom stereocenters. The summed E-state index contributed by atoms with van der Waals surface area (Å²) in [6, 6.07) is 14.8. The number of fused-ring (bicyclic) bond motifs is 1. The number of rotatable bonds is 5. The van der Waals surface area contributed by atoms with Gasteiger partial charge in [0.2, 0.25) is 0 Å². The number of anilines is 2. The van der Waals surface area contributed by atoms with Crippen molar-refractivity contribution in [3.05, 3.63) is 75.2 Å². The van der Waals surface area contributed by atoms with Gasteiger partial charge in [-0.25, -0.2) is 9.78 Å². The van der Waals surface area contributed by atoms with Crippen LogP contribution in [0.1, 0.15) is 63.7 Å². The molecule has 7 nitrogen and oxygen atoms in total. The predicted octanol–water partition coefficient (Wildman–Crippen LogP) is 5.04. The molecule has 0 saturated heterocycles. The fraction of sp³-hybridized carbons (Fsp3) is 0.320. The molecule has 8 heteroatoms. The first kappa shape index (κ1) is 21.5. The highest BCUT2D eigenvalue weighted by Crippen LogP contribution is 2.56. The Balaban J connectivity index is 1.38. The molecule has 170 valence electrons. The van der Waals surface area contributed by atoms with Crippen LogP contribution in [0, 0.1) is 0 Å². The lowest BCUT2D eigenvalue weighted by Gasteiger charge is -2.32. The van der Waals surface area contributed by atoms with Gasteiger partial charge in [-0.1, -0.05) is 31.2 Å². The number of hydrogen-bond acceptors (Lipinski definition) is 5. The molecule has 33 heavy (non-hydrogen) atoms. The Kier molecular flexibility index (Phi) is 5.32. The van der Waals surface area contributed by atoms with Gasteiger partial charge in [0.05, 0.1) is 28.0 Å². The molecule has 1 atom stereocenters. The van der Waals surface area contributed by atoms with E-state index in [4.69, 9.17) is 10.7 Å². The van der Waals surface area contributed by atoms with Gasteiger partial charge in [-0.05, 0) is 49.1 Å². The minimum absolute atomic E-state index is 0.121. The molecule has 1 aliphatic carbocycles. The van der Waals surface area contributed by atoms with Gasteiger partial charge >= 0.3 is 6.09 Å². The highest BCUT2D eigenvalue weighted by molar-refractivity contribution is 7.12. The fourth-order valence-electron chi connectivity index (χ4n) is 4.66. The summed E-state index contributed by atoms with van der Waals surface area (Å²) in [6.07, 6.45) is 2.54. The van der Waals surface area contributed by atoms with Crippen LogP contribution in [-0.4, -0.2) is 33.5 Å². The number of thiazole rings is 1. The van der Waals surface area contributed by atoms with Crippen molar-refractivity contribution in [1.82, 2.24) is 9.88 Å². The van der Waals surface area contributed by atoms with E-state index in [0.29, 0.717) is 29.9 Å². The summed E-state index contributed by atoms with van der Waals surface area (Å²) in [4.78, 5) is 31.9. The van der Waals surface area contributed by atoms with Crippen LogP contribution in [0.25, 0.3) is 0 Å². The Bertz CT molecular complexity index is 1220. The van der Waals surface area contributed by atoms with Crippen LogP contribution in [0.3, 0.4) is 0 Å². The highest BCUT2D eigenvalue weighted by Gasteiger charge is 2.49. The number of para-hydroxylation sites is 2. The topological polar surface area (TPSA) is 109 Å². The largest absolute Gasteiger partial charge is 0.465 e. The van der Waals surface area contributed by atoms with Gasteiger partial charge in [0.25, 0.3) is 5.91 Å². The number of benzene rings is 2. The van der Waals surface area contributed by atoms with Crippen molar-refractivity contribution in [2.24, 2.45) is 0 Å². The van der Waals surface area contributed by atoms with Crippen molar-refractivity contribution >= 4 is 34.7 Å². The van der Waals surface area contributed by atoms with Gasteiger partial charge in [-0.15, -0.1) is 11.3 Å². The normalized spacial score (nSPS) is 18.5. The molecule has 2 aliphatic rings. The van der Waals surface area contributed by atoms with Crippen molar-refractivity contribution in [1.29, 1.82) is 0 Å². The zero-order valence-corrected chi connectivity index (χ0v) is 19.2. The number of nitrogens with two attached hydrogens (primary N) is 1. The van der Waals surface area contributed by atoms with E-state index in [1.165, 1.54) is 4.90 Å². The lowest BCUT2D eigenvalue weighted by molar-refractivity contribution is 0.102. The molecule has 3 aromatic rings. The van der Waals surface area contributed by atoms with E-state index in [-0.39, 0.29) is 17.4 Å². The molecule has 1 aliphatic heterocycles. The first-order chi connectivity index (χ1) is 15.9. The van der Waals surface area contributed by atoms with Gasteiger partial charge in [0.15, 0.2) is 0 Å². The lowest BCUT2D eigenvalue weighted by atomic mass is 9.95. The summed E-state index contributed by atoms with van der Waals surface area (Å²) in [5.41, 5.74) is 9.68. The first-order valence-electron chi connectivity index (χ1n) is 11.2. The van der Waals surface area contributed by atoms with Crippen LogP contribution >= 0.6 is 11.3 Å². The van der Waals surface area contributed by atoms with E-state index in [2.05, 4.69) is 5.32 Å². The van der Waals surface area contributed by atoms with Crippen molar-refractivity contribution in [3.8, 4) is 0 Å². The van der Waals surface area contributed by atoms with Crippen LogP contribution < -0.4 is 11.1 Å². The van der Waals surface area contributed by atoms with Gasteiger partial charge in [-0.3, -0.25) is 4.79 Å². The van der Waals surface area contributed by atoms with Crippen molar-refractivity contribution in [3.63, 3.8) is 0 Å². The van der Waals surface area contributed by atoms with Crippen LogP contribution in [0.15, 0.2) is 48.5 Å². The lowest BCUT2D eigenvalue weighted by Crippen LogP contribution is -2.38. The second-order valence-electron chi connectivity index (χ2n) is 8.68. The van der Waals surface area contributed by atoms with E-state index >= 15 is 0 Å². The molecule has 1 aromatic heterocycles.